The Hall–Kier alpha value is -3.48. The fourth-order valence-corrected chi connectivity index (χ4v) is 2.68. The summed E-state index contributed by atoms with van der Waals surface area (Å²) >= 11 is 0. The van der Waals surface area contributed by atoms with Crippen molar-refractivity contribution in [3.05, 3.63) is 59.9 Å². The van der Waals surface area contributed by atoms with Gasteiger partial charge in [-0.1, -0.05) is 23.8 Å². The largest absolute Gasteiger partial charge is 0.485 e. The lowest BCUT2D eigenvalue weighted by molar-refractivity contribution is -0.131. The summed E-state index contributed by atoms with van der Waals surface area (Å²) < 4.78 is 16.6. The van der Waals surface area contributed by atoms with E-state index >= 15 is 0 Å². The highest BCUT2D eigenvalue weighted by molar-refractivity contribution is 5.97. The van der Waals surface area contributed by atoms with Crippen LogP contribution in [0.15, 0.2) is 52.9 Å². The van der Waals surface area contributed by atoms with Crippen LogP contribution in [-0.4, -0.2) is 24.5 Å². The Labute approximate surface area is 148 Å². The minimum absolute atomic E-state index is 0.0582. The summed E-state index contributed by atoms with van der Waals surface area (Å²) in [5.74, 6) is 0.109. The summed E-state index contributed by atoms with van der Waals surface area (Å²) in [4.78, 5) is 24.4. The molecule has 2 heterocycles. The van der Waals surface area contributed by atoms with Crippen LogP contribution in [0.5, 0.6) is 11.5 Å². The van der Waals surface area contributed by atoms with Crippen LogP contribution in [0.1, 0.15) is 16.1 Å². The molecule has 0 radical (unpaired) electrons. The zero-order valence-corrected chi connectivity index (χ0v) is 13.9. The maximum atomic E-state index is 12.2. The molecule has 4 rings (SSSR count). The minimum atomic E-state index is -0.858. The van der Waals surface area contributed by atoms with Gasteiger partial charge in [-0.05, 0) is 37.3 Å². The number of benzene rings is 2. The van der Waals surface area contributed by atoms with Gasteiger partial charge in [0.15, 0.2) is 17.3 Å². The molecule has 1 atom stereocenters. The molecule has 26 heavy (non-hydrogen) atoms. The predicted molar refractivity (Wildman–Crippen MR) is 92.9 cm³/mol. The Morgan fingerprint density at radius 1 is 1.04 bits per heavy atom. The molecule has 3 aromatic rings. The zero-order valence-electron chi connectivity index (χ0n) is 13.9. The van der Waals surface area contributed by atoms with E-state index in [2.05, 4.69) is 10.9 Å². The molecule has 0 fully saturated rings. The van der Waals surface area contributed by atoms with Crippen LogP contribution in [0, 0.1) is 6.92 Å². The number of amides is 2. The third-order valence-corrected chi connectivity index (χ3v) is 4.00. The van der Waals surface area contributed by atoms with Gasteiger partial charge < -0.3 is 13.9 Å². The van der Waals surface area contributed by atoms with E-state index in [0.29, 0.717) is 17.1 Å². The van der Waals surface area contributed by atoms with Gasteiger partial charge in [0, 0.05) is 5.39 Å². The van der Waals surface area contributed by atoms with Gasteiger partial charge in [-0.2, -0.15) is 0 Å². The second-order valence-corrected chi connectivity index (χ2v) is 5.96. The molecule has 0 aliphatic carbocycles. The van der Waals surface area contributed by atoms with Crippen molar-refractivity contribution < 1.29 is 23.5 Å². The van der Waals surface area contributed by atoms with E-state index in [1.165, 1.54) is 0 Å². The molecule has 7 heteroatoms. The molecule has 1 aromatic heterocycles. The summed E-state index contributed by atoms with van der Waals surface area (Å²) in [5.41, 5.74) is 6.33. The van der Waals surface area contributed by atoms with Gasteiger partial charge in [0.2, 0.25) is 6.10 Å². The first-order valence-corrected chi connectivity index (χ1v) is 8.09. The van der Waals surface area contributed by atoms with Crippen LogP contribution >= 0.6 is 0 Å². The number of aryl methyl sites for hydroxylation is 1. The lowest BCUT2D eigenvalue weighted by Gasteiger charge is -2.25. The molecule has 0 saturated heterocycles. The van der Waals surface area contributed by atoms with Gasteiger partial charge in [-0.15, -0.1) is 0 Å². The molecule has 7 nitrogen and oxygen atoms in total. The van der Waals surface area contributed by atoms with E-state index in [4.69, 9.17) is 13.9 Å². The SMILES string of the molecule is Cc1ccc2oc(C(=O)NNC(=O)C3COc4ccccc4O3)cc2c1. The van der Waals surface area contributed by atoms with Crippen molar-refractivity contribution in [1.29, 1.82) is 0 Å². The number of carbonyl (C=O) groups excluding carboxylic acids is 2. The third-order valence-electron chi connectivity index (χ3n) is 4.00. The summed E-state index contributed by atoms with van der Waals surface area (Å²) in [6, 6.07) is 14.3. The fraction of sp³-hybridized carbons (Fsp3) is 0.158. The smallest absolute Gasteiger partial charge is 0.305 e. The normalized spacial score (nSPS) is 15.5. The van der Waals surface area contributed by atoms with E-state index in [-0.39, 0.29) is 12.4 Å². The first-order chi connectivity index (χ1) is 12.6. The highest BCUT2D eigenvalue weighted by Gasteiger charge is 2.27. The maximum Gasteiger partial charge on any atom is 0.305 e. The summed E-state index contributed by atoms with van der Waals surface area (Å²) in [7, 11) is 0. The summed E-state index contributed by atoms with van der Waals surface area (Å²) in [6.45, 7) is 2.01. The molecule has 0 saturated carbocycles. The number of furan rings is 1. The third kappa shape index (κ3) is 3.06. The number of hydrazine groups is 1. The van der Waals surface area contributed by atoms with Crippen LogP contribution in [0.2, 0.25) is 0 Å². The number of hydrogen-bond acceptors (Lipinski definition) is 5. The van der Waals surface area contributed by atoms with Crippen molar-refractivity contribution >= 4 is 22.8 Å². The zero-order chi connectivity index (χ0) is 18.1. The Morgan fingerprint density at radius 3 is 2.69 bits per heavy atom. The second kappa shape index (κ2) is 6.44. The van der Waals surface area contributed by atoms with Crippen LogP contribution < -0.4 is 20.3 Å². The van der Waals surface area contributed by atoms with E-state index in [0.717, 1.165) is 10.9 Å². The van der Waals surface area contributed by atoms with Gasteiger partial charge in [0.05, 0.1) is 0 Å². The number of rotatable bonds is 2. The van der Waals surface area contributed by atoms with E-state index < -0.39 is 17.9 Å². The van der Waals surface area contributed by atoms with Crippen LogP contribution in [-0.2, 0) is 4.79 Å². The lowest BCUT2D eigenvalue weighted by Crippen LogP contribution is -2.50. The van der Waals surface area contributed by atoms with Crippen LogP contribution in [0.3, 0.4) is 0 Å². The monoisotopic (exact) mass is 352 g/mol. The Balaban J connectivity index is 1.38. The van der Waals surface area contributed by atoms with Gasteiger partial charge >= 0.3 is 5.91 Å². The van der Waals surface area contributed by atoms with Gasteiger partial charge in [-0.25, -0.2) is 0 Å². The van der Waals surface area contributed by atoms with Gasteiger partial charge in [-0.3, -0.25) is 20.4 Å². The lowest BCUT2D eigenvalue weighted by atomic mass is 10.2. The predicted octanol–water partition coefficient (Wildman–Crippen LogP) is 2.34. The van der Waals surface area contributed by atoms with Crippen LogP contribution in [0.25, 0.3) is 11.0 Å². The molecule has 1 unspecified atom stereocenters. The standard InChI is InChI=1S/C19H16N2O5/c1-11-6-7-13-12(8-11)9-16(25-13)18(22)20-21-19(23)17-10-24-14-4-2-3-5-15(14)26-17/h2-9,17H,10H2,1H3,(H,20,22)(H,21,23). The van der Waals surface area contributed by atoms with Crippen molar-refractivity contribution in [3.63, 3.8) is 0 Å². The topological polar surface area (TPSA) is 89.8 Å². The number of hydrogen-bond donors (Lipinski definition) is 2. The molecule has 1 aliphatic rings. The van der Waals surface area contributed by atoms with E-state index in [1.807, 2.05) is 25.1 Å². The van der Waals surface area contributed by atoms with Gasteiger partial charge in [0.25, 0.3) is 5.91 Å². The molecule has 0 bridgehead atoms. The molecule has 132 valence electrons. The van der Waals surface area contributed by atoms with Crippen LogP contribution in [0.4, 0.5) is 0 Å². The highest BCUT2D eigenvalue weighted by Crippen LogP contribution is 2.30. The molecule has 2 aromatic carbocycles. The molecular weight excluding hydrogens is 336 g/mol. The fourth-order valence-electron chi connectivity index (χ4n) is 2.68. The number of ether oxygens (including phenoxy) is 2. The van der Waals surface area contributed by atoms with E-state index in [1.54, 1.807) is 30.3 Å². The molecule has 2 amide bonds. The number of para-hydroxylation sites is 2. The number of nitrogens with one attached hydrogen (secondary N) is 2. The summed E-state index contributed by atoms with van der Waals surface area (Å²) in [5, 5.41) is 0.821. The summed E-state index contributed by atoms with van der Waals surface area (Å²) in [6.07, 6.45) is -0.858. The average molecular weight is 352 g/mol. The molecule has 0 spiro atoms. The minimum Gasteiger partial charge on any atom is -0.485 e. The first kappa shape index (κ1) is 16.0. The molecule has 1 aliphatic heterocycles. The number of carbonyl (C=O) groups is 2. The van der Waals surface area contributed by atoms with Crippen molar-refractivity contribution in [2.24, 2.45) is 0 Å². The average Bonchev–Trinajstić information content (AvgIpc) is 3.08. The number of fused-ring (bicyclic) bond motifs is 2. The molecular formula is C19H16N2O5. The maximum absolute atomic E-state index is 12.2. The first-order valence-electron chi connectivity index (χ1n) is 8.09. The van der Waals surface area contributed by atoms with Crippen molar-refractivity contribution in [2.75, 3.05) is 6.61 Å². The Kier molecular flexibility index (Phi) is 3.96. The quantitative estimate of drug-likeness (QED) is 0.691. The van der Waals surface area contributed by atoms with Crippen molar-refractivity contribution in [1.82, 2.24) is 10.9 Å². The second-order valence-electron chi connectivity index (χ2n) is 5.96. The highest BCUT2D eigenvalue weighted by atomic mass is 16.6. The van der Waals surface area contributed by atoms with Crippen molar-refractivity contribution in [3.8, 4) is 11.5 Å². The Morgan fingerprint density at radius 2 is 1.85 bits per heavy atom. The van der Waals surface area contributed by atoms with Crippen molar-refractivity contribution in [2.45, 2.75) is 13.0 Å². The Bertz CT molecular complexity index is 995. The molecule has 2 N–H and O–H groups in total. The van der Waals surface area contributed by atoms with Gasteiger partial charge in [0.1, 0.15) is 12.2 Å². The van der Waals surface area contributed by atoms with E-state index in [9.17, 15) is 9.59 Å².